The van der Waals surface area contributed by atoms with Crippen LogP contribution in [0.2, 0.25) is 0 Å². The first-order valence-corrected chi connectivity index (χ1v) is 3.53. The largest absolute Gasteiger partial charge is 0.359 e. The maximum atomic E-state index is 10.2. The molecule has 0 fully saturated rings. The van der Waals surface area contributed by atoms with Gasteiger partial charge >= 0.3 is 0 Å². The molecule has 4 nitrogen and oxygen atoms in total. The van der Waals surface area contributed by atoms with Gasteiger partial charge in [0.1, 0.15) is 0 Å². The highest BCUT2D eigenvalue weighted by atomic mass is 16.1. The number of hydrogen-bond donors (Lipinski definition) is 2. The number of aromatic amines is 1. The van der Waals surface area contributed by atoms with Crippen molar-refractivity contribution in [2.24, 2.45) is 0 Å². The van der Waals surface area contributed by atoms with E-state index in [2.05, 4.69) is 15.3 Å². The van der Waals surface area contributed by atoms with Crippen LogP contribution in [0.3, 0.4) is 0 Å². The minimum absolute atomic E-state index is 0.648. The van der Waals surface area contributed by atoms with E-state index in [9.17, 15) is 4.79 Å². The number of aromatic nitrogens is 2. The monoisotopic (exact) mass is 161 g/mol. The molecule has 0 aliphatic carbocycles. The fraction of sp³-hybridized carbons (Fsp3) is 0. The molecule has 0 bridgehead atoms. The highest BCUT2D eigenvalue weighted by Gasteiger charge is 2.00. The van der Waals surface area contributed by atoms with Gasteiger partial charge in [-0.15, -0.1) is 0 Å². The number of H-pyrrole nitrogens is 1. The zero-order chi connectivity index (χ0) is 8.39. The summed E-state index contributed by atoms with van der Waals surface area (Å²) in [5, 5.41) is 3.50. The maximum absolute atomic E-state index is 10.2. The average Bonchev–Trinajstić information content (AvgIpc) is 2.50. The van der Waals surface area contributed by atoms with Crippen LogP contribution in [0.15, 0.2) is 24.7 Å². The Labute approximate surface area is 68.6 Å². The topological polar surface area (TPSA) is 57.8 Å². The van der Waals surface area contributed by atoms with Gasteiger partial charge in [0, 0.05) is 24.0 Å². The van der Waals surface area contributed by atoms with Gasteiger partial charge in [0.05, 0.1) is 11.2 Å². The number of rotatable bonds is 2. The molecule has 12 heavy (non-hydrogen) atoms. The Balaban J connectivity index is 2.62. The van der Waals surface area contributed by atoms with Crippen molar-refractivity contribution in [2.75, 3.05) is 5.32 Å². The van der Waals surface area contributed by atoms with Crippen LogP contribution in [0.25, 0.3) is 10.9 Å². The van der Waals surface area contributed by atoms with Gasteiger partial charge in [-0.25, -0.2) is 0 Å². The summed E-state index contributed by atoms with van der Waals surface area (Å²) in [4.78, 5) is 17.1. The normalized spacial score (nSPS) is 10.0. The van der Waals surface area contributed by atoms with Crippen LogP contribution in [0, 0.1) is 0 Å². The number of carbonyl (C=O) groups excluding carboxylic acids is 1. The lowest BCUT2D eigenvalue weighted by molar-refractivity contribution is -0.105. The zero-order valence-electron chi connectivity index (χ0n) is 6.24. The van der Waals surface area contributed by atoms with Crippen LogP contribution in [0.5, 0.6) is 0 Å². The standard InChI is InChI=1S/C8H7N3O/c12-5-11-8-4-10-7-1-2-9-3-6(7)8/h1-5,10H,(H,11,12). The molecule has 1 amide bonds. The van der Waals surface area contributed by atoms with Crippen molar-refractivity contribution in [2.45, 2.75) is 0 Å². The van der Waals surface area contributed by atoms with Crippen LogP contribution in [0.1, 0.15) is 0 Å². The van der Waals surface area contributed by atoms with Gasteiger partial charge in [-0.2, -0.15) is 0 Å². The van der Waals surface area contributed by atoms with Crippen molar-refractivity contribution in [1.29, 1.82) is 0 Å². The Morgan fingerprint density at radius 2 is 2.50 bits per heavy atom. The summed E-state index contributed by atoms with van der Waals surface area (Å²) < 4.78 is 0. The summed E-state index contributed by atoms with van der Waals surface area (Å²) in [6.07, 6.45) is 5.79. The second-order valence-corrected chi connectivity index (χ2v) is 2.39. The summed E-state index contributed by atoms with van der Waals surface area (Å²) in [6.45, 7) is 0. The van der Waals surface area contributed by atoms with Gasteiger partial charge in [-0.05, 0) is 6.07 Å². The third-order valence-corrected chi connectivity index (χ3v) is 1.70. The Bertz CT molecular complexity index is 407. The van der Waals surface area contributed by atoms with Crippen molar-refractivity contribution < 1.29 is 4.79 Å². The molecule has 0 aliphatic rings. The summed E-state index contributed by atoms with van der Waals surface area (Å²) in [5.41, 5.74) is 1.72. The number of nitrogens with one attached hydrogen (secondary N) is 2. The van der Waals surface area contributed by atoms with E-state index in [-0.39, 0.29) is 0 Å². The lowest BCUT2D eigenvalue weighted by Crippen LogP contribution is -1.91. The first-order chi connectivity index (χ1) is 5.92. The van der Waals surface area contributed by atoms with Crippen LogP contribution in [-0.4, -0.2) is 16.4 Å². The summed E-state index contributed by atoms with van der Waals surface area (Å²) in [6, 6.07) is 1.85. The number of pyridine rings is 1. The van der Waals surface area contributed by atoms with E-state index in [0.29, 0.717) is 6.41 Å². The van der Waals surface area contributed by atoms with E-state index in [4.69, 9.17) is 0 Å². The van der Waals surface area contributed by atoms with Crippen molar-refractivity contribution in [3.63, 3.8) is 0 Å². The molecular weight excluding hydrogens is 154 g/mol. The Hall–Kier alpha value is -1.84. The van der Waals surface area contributed by atoms with Crippen LogP contribution < -0.4 is 5.32 Å². The first kappa shape index (κ1) is 6.84. The maximum Gasteiger partial charge on any atom is 0.211 e. The van der Waals surface area contributed by atoms with E-state index in [1.807, 2.05) is 6.07 Å². The minimum Gasteiger partial charge on any atom is -0.359 e. The summed E-state index contributed by atoms with van der Waals surface area (Å²) >= 11 is 0. The third-order valence-electron chi connectivity index (χ3n) is 1.70. The van der Waals surface area contributed by atoms with Gasteiger partial charge < -0.3 is 10.3 Å². The predicted octanol–water partition coefficient (Wildman–Crippen LogP) is 1.13. The van der Waals surface area contributed by atoms with Crippen molar-refractivity contribution in [1.82, 2.24) is 9.97 Å². The Kier molecular flexibility index (Phi) is 1.51. The van der Waals surface area contributed by atoms with E-state index < -0.39 is 0 Å². The summed E-state index contributed by atoms with van der Waals surface area (Å²) in [5.74, 6) is 0. The quantitative estimate of drug-likeness (QED) is 0.648. The molecular formula is C8H7N3O. The number of anilines is 1. The van der Waals surface area contributed by atoms with E-state index >= 15 is 0 Å². The number of carbonyl (C=O) groups is 1. The Morgan fingerprint density at radius 1 is 1.58 bits per heavy atom. The number of nitrogens with zero attached hydrogens (tertiary/aromatic N) is 1. The molecule has 0 radical (unpaired) electrons. The second kappa shape index (κ2) is 2.65. The molecule has 4 heteroatoms. The second-order valence-electron chi connectivity index (χ2n) is 2.39. The molecule has 0 atom stereocenters. The predicted molar refractivity (Wildman–Crippen MR) is 45.8 cm³/mol. The minimum atomic E-state index is 0.648. The first-order valence-electron chi connectivity index (χ1n) is 3.53. The molecule has 2 rings (SSSR count). The molecule has 0 saturated carbocycles. The fourth-order valence-corrected chi connectivity index (χ4v) is 1.15. The smallest absolute Gasteiger partial charge is 0.211 e. The Morgan fingerprint density at radius 3 is 3.33 bits per heavy atom. The fourth-order valence-electron chi connectivity index (χ4n) is 1.15. The van der Waals surface area contributed by atoms with Crippen LogP contribution in [-0.2, 0) is 4.79 Å². The van der Waals surface area contributed by atoms with Crippen molar-refractivity contribution in [3.8, 4) is 0 Å². The molecule has 60 valence electrons. The average molecular weight is 161 g/mol. The SMILES string of the molecule is O=CNc1c[nH]c2ccncc12. The molecule has 2 aromatic rings. The van der Waals surface area contributed by atoms with Crippen molar-refractivity contribution >= 4 is 23.0 Å². The highest BCUT2D eigenvalue weighted by molar-refractivity contribution is 5.95. The van der Waals surface area contributed by atoms with Gasteiger partial charge in [0.2, 0.25) is 6.41 Å². The van der Waals surface area contributed by atoms with Gasteiger partial charge in [0.25, 0.3) is 0 Å². The van der Waals surface area contributed by atoms with Crippen molar-refractivity contribution in [3.05, 3.63) is 24.7 Å². The summed E-state index contributed by atoms with van der Waals surface area (Å²) in [7, 11) is 0. The lowest BCUT2D eigenvalue weighted by atomic mass is 10.3. The molecule has 0 aliphatic heterocycles. The highest BCUT2D eigenvalue weighted by Crippen LogP contribution is 2.20. The van der Waals surface area contributed by atoms with E-state index in [1.54, 1.807) is 18.6 Å². The molecule has 2 N–H and O–H groups in total. The van der Waals surface area contributed by atoms with Gasteiger partial charge in [-0.1, -0.05) is 0 Å². The van der Waals surface area contributed by atoms with Gasteiger partial charge in [0.15, 0.2) is 0 Å². The molecule has 0 spiro atoms. The molecule has 0 saturated heterocycles. The molecule has 0 aromatic carbocycles. The third kappa shape index (κ3) is 0.934. The van der Waals surface area contributed by atoms with Crippen LogP contribution in [0.4, 0.5) is 5.69 Å². The number of hydrogen-bond acceptors (Lipinski definition) is 2. The number of amides is 1. The van der Waals surface area contributed by atoms with E-state index in [1.165, 1.54) is 0 Å². The van der Waals surface area contributed by atoms with Gasteiger partial charge in [-0.3, -0.25) is 9.78 Å². The zero-order valence-corrected chi connectivity index (χ0v) is 6.24. The number of fused-ring (bicyclic) bond motifs is 1. The lowest BCUT2D eigenvalue weighted by Gasteiger charge is -1.92. The molecule has 2 heterocycles. The van der Waals surface area contributed by atoms with E-state index in [0.717, 1.165) is 16.6 Å². The molecule has 2 aromatic heterocycles. The van der Waals surface area contributed by atoms with Crippen LogP contribution >= 0.6 is 0 Å². The molecule has 0 unspecified atom stereocenters.